The molecule has 10 nitrogen and oxygen atoms in total. The van der Waals surface area contributed by atoms with Crippen LogP contribution in [0.4, 0.5) is 0 Å². The van der Waals surface area contributed by atoms with Crippen molar-refractivity contribution in [2.45, 2.75) is 81.2 Å². The molecule has 0 saturated carbocycles. The average molecular weight is 790 g/mol. The first-order valence-corrected chi connectivity index (χ1v) is 21.1. The summed E-state index contributed by atoms with van der Waals surface area (Å²) in [6.07, 6.45) is 2.01. The summed E-state index contributed by atoms with van der Waals surface area (Å²) in [6.45, 7) is 3.86. The van der Waals surface area contributed by atoms with Crippen molar-refractivity contribution < 1.29 is 32.9 Å². The normalized spacial score (nSPS) is 20.6. The van der Waals surface area contributed by atoms with Crippen molar-refractivity contribution in [1.29, 1.82) is 0 Å². The maximum atomic E-state index is 13.6. The highest BCUT2D eigenvalue weighted by molar-refractivity contribution is 7.89. The number of sulfonamides is 1. The minimum Gasteiger partial charge on any atom is -0.395 e. The van der Waals surface area contributed by atoms with Crippen molar-refractivity contribution >= 4 is 15.9 Å². The van der Waals surface area contributed by atoms with Crippen LogP contribution in [0.25, 0.3) is 11.1 Å². The van der Waals surface area contributed by atoms with E-state index in [4.69, 9.17) is 9.47 Å². The Labute approximate surface area is 335 Å². The van der Waals surface area contributed by atoms with Crippen molar-refractivity contribution in [2.75, 3.05) is 19.7 Å². The molecule has 2 heterocycles. The molecule has 0 unspecified atom stereocenters. The number of rotatable bonds is 15. The predicted octanol–water partition coefficient (Wildman–Crippen LogP) is 6.36. The van der Waals surface area contributed by atoms with Crippen molar-refractivity contribution in [2.24, 2.45) is 0 Å². The van der Waals surface area contributed by atoms with E-state index in [1.807, 2.05) is 110 Å². The highest BCUT2D eigenvalue weighted by Crippen LogP contribution is 2.39. The number of carbonyl (C=O) groups is 1. The molecule has 11 heteroatoms. The van der Waals surface area contributed by atoms with Gasteiger partial charge < -0.3 is 25.0 Å². The van der Waals surface area contributed by atoms with Gasteiger partial charge in [-0.05, 0) is 84.3 Å². The molecule has 5 aromatic carbocycles. The molecule has 2 fully saturated rings. The molecule has 0 bridgehead atoms. The Hall–Kier alpha value is -4.72. The van der Waals surface area contributed by atoms with E-state index in [1.54, 1.807) is 24.3 Å². The number of amides is 1. The van der Waals surface area contributed by atoms with Crippen LogP contribution in [0.1, 0.15) is 65.0 Å². The number of hydrogen-bond donors (Lipinski definition) is 4. The highest BCUT2D eigenvalue weighted by Gasteiger charge is 2.35. The molecular weight excluding hydrogens is 739 g/mol. The molecule has 4 N–H and O–H groups in total. The van der Waals surface area contributed by atoms with Crippen molar-refractivity contribution in [3.63, 3.8) is 0 Å². The first-order chi connectivity index (χ1) is 27.7. The van der Waals surface area contributed by atoms with Crippen molar-refractivity contribution in [3.8, 4) is 11.1 Å². The van der Waals surface area contributed by atoms with Gasteiger partial charge in [-0.15, -0.1) is 0 Å². The molecule has 0 aromatic heterocycles. The molecule has 2 aliphatic rings. The van der Waals surface area contributed by atoms with Gasteiger partial charge >= 0.3 is 0 Å². The van der Waals surface area contributed by atoms with Gasteiger partial charge in [-0.3, -0.25) is 9.69 Å². The third kappa shape index (κ3) is 10.4. The SMILES string of the molecule is Cc1ccc(S(=O)(=O)N[C@H](Cc2ccccc2)C(=O)NCc2cccc(-c3ccc([C@H]4O[C@@H](CN5CCC[C@H]5CO)C[C@@H](c5ccc(CO)cc5)O4)cc3)c2)cc1. The van der Waals surface area contributed by atoms with E-state index in [-0.39, 0.29) is 49.3 Å². The van der Waals surface area contributed by atoms with E-state index >= 15 is 0 Å². The fourth-order valence-corrected chi connectivity index (χ4v) is 8.85. The van der Waals surface area contributed by atoms with Crippen LogP contribution in [0.15, 0.2) is 132 Å². The maximum Gasteiger partial charge on any atom is 0.241 e. The number of benzene rings is 5. The van der Waals surface area contributed by atoms with Crippen LogP contribution in [0.2, 0.25) is 0 Å². The second kappa shape index (κ2) is 18.7. The van der Waals surface area contributed by atoms with Crippen LogP contribution >= 0.6 is 0 Å². The summed E-state index contributed by atoms with van der Waals surface area (Å²) in [5.41, 5.74) is 7.34. The van der Waals surface area contributed by atoms with Gasteiger partial charge in [-0.2, -0.15) is 4.72 Å². The molecule has 5 atom stereocenters. The number of carbonyl (C=O) groups excluding carboxylic acids is 1. The van der Waals surface area contributed by atoms with Crippen LogP contribution in [-0.2, 0) is 43.9 Å². The Balaban J connectivity index is 1.04. The van der Waals surface area contributed by atoms with Gasteiger partial charge in [-0.25, -0.2) is 8.42 Å². The lowest BCUT2D eigenvalue weighted by Gasteiger charge is -2.38. The van der Waals surface area contributed by atoms with E-state index in [1.165, 1.54) is 0 Å². The molecule has 0 aliphatic carbocycles. The topological polar surface area (TPSA) is 137 Å². The zero-order chi connectivity index (χ0) is 39.8. The molecule has 298 valence electrons. The smallest absolute Gasteiger partial charge is 0.241 e. The largest absolute Gasteiger partial charge is 0.395 e. The van der Waals surface area contributed by atoms with E-state index < -0.39 is 28.3 Å². The van der Waals surface area contributed by atoms with Gasteiger partial charge in [0.05, 0.1) is 30.3 Å². The molecule has 5 aromatic rings. The molecule has 0 radical (unpaired) electrons. The van der Waals surface area contributed by atoms with Crippen LogP contribution < -0.4 is 10.0 Å². The van der Waals surface area contributed by atoms with Crippen LogP contribution in [0, 0.1) is 6.92 Å². The Morgan fingerprint density at radius 2 is 1.53 bits per heavy atom. The Kier molecular flexibility index (Phi) is 13.3. The van der Waals surface area contributed by atoms with Crippen LogP contribution in [0.5, 0.6) is 0 Å². The number of hydrogen-bond acceptors (Lipinski definition) is 8. The number of aryl methyl sites for hydroxylation is 1. The first kappa shape index (κ1) is 40.5. The quantitative estimate of drug-likeness (QED) is 0.0963. The van der Waals surface area contributed by atoms with Gasteiger partial charge in [-0.1, -0.05) is 115 Å². The summed E-state index contributed by atoms with van der Waals surface area (Å²) < 4.78 is 42.5. The van der Waals surface area contributed by atoms with E-state index in [2.05, 4.69) is 14.9 Å². The molecule has 7 rings (SSSR count). The van der Waals surface area contributed by atoms with Gasteiger partial charge in [0.25, 0.3) is 0 Å². The minimum absolute atomic E-state index is 0.0182. The van der Waals surface area contributed by atoms with Crippen molar-refractivity contribution in [3.05, 3.63) is 161 Å². The summed E-state index contributed by atoms with van der Waals surface area (Å²) in [4.78, 5) is 16.1. The van der Waals surface area contributed by atoms with Crippen LogP contribution in [0.3, 0.4) is 0 Å². The number of likely N-dealkylation sites (tertiary alicyclic amines) is 1. The zero-order valence-electron chi connectivity index (χ0n) is 32.2. The molecule has 1 amide bonds. The number of aliphatic hydroxyl groups excluding tert-OH is 2. The average Bonchev–Trinajstić information content (AvgIpc) is 3.70. The molecular formula is C46H51N3O7S. The standard InChI is InChI=1S/C46H51N3O7S/c1-32-12-22-42(23-13-32)57(53,54)48-43(26-33-7-3-2-4-8-33)45(52)47-28-35-9-5-10-39(25-35)36-18-20-38(21-19-36)46-55-41(29-49-24-6-11-40(49)31-51)27-44(56-46)37-16-14-34(30-50)15-17-37/h2-5,7-10,12-23,25,40-41,43-44,46,48,50-51H,6,11,24,26-31H2,1H3,(H,47,52)/t40-,41+,43+,44-,46-/m0/s1. The second-order valence-electron chi connectivity index (χ2n) is 15.0. The Bertz CT molecular complexity index is 2180. The van der Waals surface area contributed by atoms with Gasteiger partial charge in [0.2, 0.25) is 15.9 Å². The Morgan fingerprint density at radius 1 is 0.807 bits per heavy atom. The van der Waals surface area contributed by atoms with Gasteiger partial charge in [0.15, 0.2) is 6.29 Å². The maximum absolute atomic E-state index is 13.6. The summed E-state index contributed by atoms with van der Waals surface area (Å²) in [5, 5.41) is 22.5. The van der Waals surface area contributed by atoms with E-state index in [9.17, 15) is 23.4 Å². The monoisotopic (exact) mass is 789 g/mol. The van der Waals surface area contributed by atoms with E-state index in [0.717, 1.165) is 63.9 Å². The lowest BCUT2D eigenvalue weighted by molar-refractivity contribution is -0.253. The van der Waals surface area contributed by atoms with Gasteiger partial charge in [0.1, 0.15) is 6.04 Å². The van der Waals surface area contributed by atoms with E-state index in [0.29, 0.717) is 13.0 Å². The number of ether oxygens (including phenoxy) is 2. The summed E-state index contributed by atoms with van der Waals surface area (Å²) in [7, 11) is -3.96. The fourth-order valence-electron chi connectivity index (χ4n) is 7.65. The second-order valence-corrected chi connectivity index (χ2v) is 16.8. The molecule has 2 saturated heterocycles. The van der Waals surface area contributed by atoms with Crippen LogP contribution in [-0.4, -0.2) is 67.3 Å². The molecule has 57 heavy (non-hydrogen) atoms. The number of nitrogens with zero attached hydrogens (tertiary/aromatic N) is 1. The summed E-state index contributed by atoms with van der Waals surface area (Å²) in [5.74, 6) is -0.422. The Morgan fingerprint density at radius 3 is 2.25 bits per heavy atom. The molecule has 2 aliphatic heterocycles. The lowest BCUT2D eigenvalue weighted by Crippen LogP contribution is -2.47. The number of nitrogens with one attached hydrogen (secondary N) is 2. The third-order valence-corrected chi connectivity index (χ3v) is 12.4. The van der Waals surface area contributed by atoms with Crippen molar-refractivity contribution in [1.82, 2.24) is 14.9 Å². The third-order valence-electron chi connectivity index (χ3n) is 10.9. The summed E-state index contributed by atoms with van der Waals surface area (Å²) >= 11 is 0. The summed E-state index contributed by atoms with van der Waals surface area (Å²) in [6, 6.07) is 38.9. The first-order valence-electron chi connectivity index (χ1n) is 19.6. The zero-order valence-corrected chi connectivity index (χ0v) is 33.0. The lowest BCUT2D eigenvalue weighted by atomic mass is 9.98. The molecule has 0 spiro atoms. The predicted molar refractivity (Wildman–Crippen MR) is 219 cm³/mol. The minimum atomic E-state index is -3.96. The van der Waals surface area contributed by atoms with Gasteiger partial charge in [0, 0.05) is 31.1 Å². The number of aliphatic hydroxyl groups is 2. The highest BCUT2D eigenvalue weighted by atomic mass is 32.2. The fraction of sp³-hybridized carbons (Fsp3) is 0.326.